The van der Waals surface area contributed by atoms with Crippen molar-refractivity contribution < 1.29 is 0 Å². The normalized spacial score (nSPS) is 11.6. The quantitative estimate of drug-likeness (QED) is 0.162. The van der Waals surface area contributed by atoms with Crippen LogP contribution in [0.5, 0.6) is 0 Å². The van der Waals surface area contributed by atoms with Gasteiger partial charge in [0.15, 0.2) is 0 Å². The molecule has 242 valence electrons. The molecule has 0 saturated carbocycles. The highest BCUT2D eigenvalue weighted by molar-refractivity contribution is 6.08. The first kappa shape index (κ1) is 31.3. The molecular formula is C46H38N4. The average molecular weight is 647 g/mol. The first-order chi connectivity index (χ1) is 24.4. The number of hydrogen-bond donors (Lipinski definition) is 0. The fourth-order valence-corrected chi connectivity index (χ4v) is 6.63. The van der Waals surface area contributed by atoms with Gasteiger partial charge in [0, 0.05) is 44.4 Å². The van der Waals surface area contributed by atoms with Crippen molar-refractivity contribution in [2.75, 3.05) is 0 Å². The summed E-state index contributed by atoms with van der Waals surface area (Å²) < 4.78 is 0. The summed E-state index contributed by atoms with van der Waals surface area (Å²) >= 11 is 0. The van der Waals surface area contributed by atoms with Crippen LogP contribution in [0.4, 0.5) is 0 Å². The van der Waals surface area contributed by atoms with Crippen LogP contribution in [0.3, 0.4) is 0 Å². The molecule has 0 radical (unpaired) electrons. The Balaban J connectivity index is 1.38. The van der Waals surface area contributed by atoms with Gasteiger partial charge in [-0.15, -0.1) is 0 Å². The lowest BCUT2D eigenvalue weighted by atomic mass is 9.93. The van der Waals surface area contributed by atoms with Gasteiger partial charge in [-0.05, 0) is 41.2 Å². The molecular weight excluding hydrogens is 609 g/mol. The molecule has 0 aliphatic rings. The monoisotopic (exact) mass is 646 g/mol. The van der Waals surface area contributed by atoms with Crippen molar-refractivity contribution in [2.24, 2.45) is 0 Å². The van der Waals surface area contributed by atoms with Gasteiger partial charge in [-0.1, -0.05) is 155 Å². The Bertz CT molecular complexity index is 2470. The lowest BCUT2D eigenvalue weighted by molar-refractivity contribution is 0.826. The standard InChI is InChI=1S/C46H38N4/c1-29(2)39-26-24-34-23-25-37-38(28-40(30(3)4)48-46(37)44(34)47-39)35-21-14-22-36(27-35)45-43(33-19-12-7-13-20-33)49-41(31-15-8-5-9-16-31)42(50-45)32-17-10-6-11-18-32/h5-30H,1-4H3. The van der Waals surface area contributed by atoms with Crippen molar-refractivity contribution in [2.45, 2.75) is 39.5 Å². The van der Waals surface area contributed by atoms with Crippen LogP contribution in [0.1, 0.15) is 50.9 Å². The number of rotatable bonds is 7. The fraction of sp³-hybridized carbons (Fsp3) is 0.130. The third-order valence-electron chi connectivity index (χ3n) is 9.35. The van der Waals surface area contributed by atoms with Crippen LogP contribution in [0.15, 0.2) is 146 Å². The zero-order valence-corrected chi connectivity index (χ0v) is 28.8. The minimum atomic E-state index is 0.249. The van der Waals surface area contributed by atoms with Crippen LogP contribution in [0.2, 0.25) is 0 Å². The molecule has 0 aliphatic carbocycles. The van der Waals surface area contributed by atoms with Crippen LogP contribution in [0.25, 0.3) is 78.0 Å². The summed E-state index contributed by atoms with van der Waals surface area (Å²) in [6, 6.07) is 50.8. The van der Waals surface area contributed by atoms with Gasteiger partial charge in [0.05, 0.1) is 33.8 Å². The molecule has 4 nitrogen and oxygen atoms in total. The summed E-state index contributed by atoms with van der Waals surface area (Å²) in [6.45, 7) is 8.78. The molecule has 0 N–H and O–H groups in total. The minimum Gasteiger partial charge on any atom is -0.250 e. The topological polar surface area (TPSA) is 51.6 Å². The lowest BCUT2D eigenvalue weighted by Crippen LogP contribution is -2.01. The Kier molecular flexibility index (Phi) is 8.22. The highest BCUT2D eigenvalue weighted by atomic mass is 14.9. The molecule has 50 heavy (non-hydrogen) atoms. The predicted molar refractivity (Wildman–Crippen MR) is 208 cm³/mol. The van der Waals surface area contributed by atoms with E-state index in [1.807, 2.05) is 18.2 Å². The van der Waals surface area contributed by atoms with E-state index in [1.165, 1.54) is 0 Å². The molecule has 8 aromatic rings. The van der Waals surface area contributed by atoms with E-state index in [0.29, 0.717) is 5.92 Å². The number of benzene rings is 5. The third-order valence-corrected chi connectivity index (χ3v) is 9.35. The predicted octanol–water partition coefficient (Wildman–Crippen LogP) is 12.2. The highest BCUT2D eigenvalue weighted by Crippen LogP contribution is 2.40. The third kappa shape index (κ3) is 5.83. The van der Waals surface area contributed by atoms with E-state index in [0.717, 1.165) is 89.4 Å². The second-order valence-corrected chi connectivity index (χ2v) is 13.5. The van der Waals surface area contributed by atoms with Crippen molar-refractivity contribution in [3.63, 3.8) is 0 Å². The summed E-state index contributed by atoms with van der Waals surface area (Å²) in [4.78, 5) is 21.3. The second-order valence-electron chi connectivity index (χ2n) is 13.5. The molecule has 0 unspecified atom stereocenters. The van der Waals surface area contributed by atoms with E-state index in [2.05, 4.69) is 155 Å². The highest BCUT2D eigenvalue weighted by Gasteiger charge is 2.21. The smallest absolute Gasteiger partial charge is 0.0974 e. The number of hydrogen-bond acceptors (Lipinski definition) is 4. The lowest BCUT2D eigenvalue weighted by Gasteiger charge is -2.17. The van der Waals surface area contributed by atoms with E-state index in [-0.39, 0.29) is 5.92 Å². The van der Waals surface area contributed by atoms with Crippen LogP contribution < -0.4 is 0 Å². The van der Waals surface area contributed by atoms with Crippen molar-refractivity contribution >= 4 is 21.8 Å². The van der Waals surface area contributed by atoms with Gasteiger partial charge >= 0.3 is 0 Å². The van der Waals surface area contributed by atoms with Gasteiger partial charge in [-0.3, -0.25) is 9.97 Å². The number of nitrogens with zero attached hydrogens (tertiary/aromatic N) is 4. The maximum atomic E-state index is 5.49. The molecule has 3 heterocycles. The summed E-state index contributed by atoms with van der Waals surface area (Å²) in [5.74, 6) is 0.576. The Morgan fingerprint density at radius 1 is 0.360 bits per heavy atom. The van der Waals surface area contributed by atoms with Gasteiger partial charge in [0.25, 0.3) is 0 Å². The molecule has 0 amide bonds. The fourth-order valence-electron chi connectivity index (χ4n) is 6.63. The number of pyridine rings is 2. The maximum absolute atomic E-state index is 5.49. The second kappa shape index (κ2) is 13.1. The number of fused-ring (bicyclic) bond motifs is 3. The molecule has 0 bridgehead atoms. The zero-order chi connectivity index (χ0) is 34.2. The maximum Gasteiger partial charge on any atom is 0.0974 e. The molecule has 8 rings (SSSR count). The molecule has 3 aromatic heterocycles. The van der Waals surface area contributed by atoms with Crippen molar-refractivity contribution in [3.05, 3.63) is 157 Å². The first-order valence-corrected chi connectivity index (χ1v) is 17.4. The molecule has 4 heteroatoms. The SMILES string of the molecule is CC(C)c1ccc2ccc3c(-c4cccc(-c5nc(-c6ccccc6)c(-c6ccccc6)nc5-c5ccccc5)c4)cc(C(C)C)nc3c2n1. The Morgan fingerprint density at radius 2 is 0.820 bits per heavy atom. The van der Waals surface area contributed by atoms with Crippen LogP contribution in [-0.4, -0.2) is 19.9 Å². The van der Waals surface area contributed by atoms with E-state index in [9.17, 15) is 0 Å². The van der Waals surface area contributed by atoms with Gasteiger partial charge in [0.2, 0.25) is 0 Å². The van der Waals surface area contributed by atoms with E-state index in [1.54, 1.807) is 0 Å². The van der Waals surface area contributed by atoms with E-state index in [4.69, 9.17) is 19.9 Å². The van der Waals surface area contributed by atoms with Gasteiger partial charge in [-0.25, -0.2) is 9.97 Å². The molecule has 0 aliphatic heterocycles. The summed E-state index contributed by atoms with van der Waals surface area (Å²) in [5, 5.41) is 2.19. The molecule has 5 aromatic carbocycles. The van der Waals surface area contributed by atoms with Gasteiger partial charge in [0.1, 0.15) is 0 Å². The Morgan fingerprint density at radius 3 is 1.36 bits per heavy atom. The van der Waals surface area contributed by atoms with Crippen molar-refractivity contribution in [1.29, 1.82) is 0 Å². The molecule has 0 saturated heterocycles. The zero-order valence-electron chi connectivity index (χ0n) is 28.8. The minimum absolute atomic E-state index is 0.249. The Hall–Kier alpha value is -6.00. The largest absolute Gasteiger partial charge is 0.250 e. The Labute approximate surface area is 293 Å². The van der Waals surface area contributed by atoms with Gasteiger partial charge < -0.3 is 0 Å². The average Bonchev–Trinajstić information content (AvgIpc) is 3.17. The van der Waals surface area contributed by atoms with Gasteiger partial charge in [-0.2, -0.15) is 0 Å². The van der Waals surface area contributed by atoms with Crippen molar-refractivity contribution in [1.82, 2.24) is 19.9 Å². The van der Waals surface area contributed by atoms with Crippen LogP contribution in [-0.2, 0) is 0 Å². The summed E-state index contributed by atoms with van der Waals surface area (Å²) in [7, 11) is 0. The number of aromatic nitrogens is 4. The van der Waals surface area contributed by atoms with E-state index >= 15 is 0 Å². The molecule has 0 atom stereocenters. The molecule has 0 spiro atoms. The van der Waals surface area contributed by atoms with Crippen LogP contribution >= 0.6 is 0 Å². The summed E-state index contributed by atoms with van der Waals surface area (Å²) in [6.07, 6.45) is 0. The van der Waals surface area contributed by atoms with E-state index < -0.39 is 0 Å². The molecule has 0 fully saturated rings. The van der Waals surface area contributed by atoms with Crippen LogP contribution in [0, 0.1) is 0 Å². The van der Waals surface area contributed by atoms with Crippen molar-refractivity contribution in [3.8, 4) is 56.2 Å². The summed E-state index contributed by atoms with van der Waals surface area (Å²) in [5.41, 5.74) is 13.7. The first-order valence-electron chi connectivity index (χ1n) is 17.4.